The van der Waals surface area contributed by atoms with E-state index in [4.69, 9.17) is 20.9 Å². The summed E-state index contributed by atoms with van der Waals surface area (Å²) in [6, 6.07) is 25.2. The van der Waals surface area contributed by atoms with Crippen molar-refractivity contribution < 1.29 is 9.47 Å². The minimum atomic E-state index is -0.338. The molecule has 3 aromatic carbocycles. The molecule has 0 saturated carbocycles. The molecular weight excluding hydrogens is 350 g/mol. The van der Waals surface area contributed by atoms with Gasteiger partial charge in [-0.15, -0.1) is 0 Å². The Balaban J connectivity index is 1.69. The van der Waals surface area contributed by atoms with Crippen LogP contribution in [-0.4, -0.2) is 0 Å². The fourth-order valence-electron chi connectivity index (χ4n) is 3.34. The number of rotatable bonds is 4. The third-order valence-corrected chi connectivity index (χ3v) is 4.68. The van der Waals surface area contributed by atoms with Crippen LogP contribution < -0.4 is 20.9 Å². The maximum atomic E-state index is 9.67. The van der Waals surface area contributed by atoms with E-state index in [2.05, 4.69) is 6.07 Å². The molecule has 0 aromatic heterocycles. The minimum Gasteiger partial charge on any atom is -0.489 e. The highest BCUT2D eigenvalue weighted by molar-refractivity contribution is 5.60. The number of nitrogens with zero attached hydrogens (tertiary/aromatic N) is 1. The molecule has 1 atom stereocenters. The van der Waals surface area contributed by atoms with Crippen molar-refractivity contribution in [2.75, 3.05) is 5.73 Å². The number of anilines is 1. The van der Waals surface area contributed by atoms with E-state index in [-0.39, 0.29) is 11.8 Å². The molecule has 3 aromatic rings. The summed E-state index contributed by atoms with van der Waals surface area (Å²) in [7, 11) is 0. The molecule has 0 amide bonds. The van der Waals surface area contributed by atoms with Gasteiger partial charge in [-0.2, -0.15) is 5.26 Å². The highest BCUT2D eigenvalue weighted by Crippen LogP contribution is 2.43. The van der Waals surface area contributed by atoms with Crippen LogP contribution in [0.25, 0.3) is 0 Å². The van der Waals surface area contributed by atoms with Gasteiger partial charge in [0.2, 0.25) is 5.88 Å². The first-order chi connectivity index (χ1) is 13.7. The van der Waals surface area contributed by atoms with Crippen LogP contribution in [0.1, 0.15) is 22.6 Å². The summed E-state index contributed by atoms with van der Waals surface area (Å²) < 4.78 is 11.6. The molecular formula is C23H19N3O2. The first kappa shape index (κ1) is 17.5. The Kier molecular flexibility index (Phi) is 4.61. The van der Waals surface area contributed by atoms with Crippen LogP contribution in [0.5, 0.6) is 11.5 Å². The summed E-state index contributed by atoms with van der Waals surface area (Å²) in [5.74, 6) is 1.05. The molecule has 138 valence electrons. The van der Waals surface area contributed by atoms with Gasteiger partial charge in [0.15, 0.2) is 0 Å². The zero-order chi connectivity index (χ0) is 19.5. The fourth-order valence-corrected chi connectivity index (χ4v) is 3.34. The molecule has 1 unspecified atom stereocenters. The number of ether oxygens (including phenoxy) is 2. The van der Waals surface area contributed by atoms with Gasteiger partial charge in [-0.3, -0.25) is 0 Å². The normalized spacial score (nSPS) is 15.3. The fraction of sp³-hybridized carbons (Fsp3) is 0.0870. The van der Waals surface area contributed by atoms with Crippen molar-refractivity contribution in [3.63, 3.8) is 0 Å². The quantitative estimate of drug-likeness (QED) is 0.676. The van der Waals surface area contributed by atoms with Crippen LogP contribution in [0.4, 0.5) is 5.69 Å². The third-order valence-electron chi connectivity index (χ3n) is 4.68. The topological polar surface area (TPSA) is 94.3 Å². The Morgan fingerprint density at radius 2 is 1.79 bits per heavy atom. The lowest BCUT2D eigenvalue weighted by atomic mass is 9.83. The average molecular weight is 369 g/mol. The number of hydrogen-bond acceptors (Lipinski definition) is 5. The van der Waals surface area contributed by atoms with E-state index in [1.165, 1.54) is 0 Å². The molecule has 5 nitrogen and oxygen atoms in total. The number of fused-ring (bicyclic) bond motifs is 1. The summed E-state index contributed by atoms with van der Waals surface area (Å²) >= 11 is 0. The van der Waals surface area contributed by atoms with Crippen molar-refractivity contribution in [1.29, 1.82) is 5.26 Å². The molecule has 0 radical (unpaired) electrons. The number of nitriles is 1. The summed E-state index contributed by atoms with van der Waals surface area (Å²) in [4.78, 5) is 0. The standard InChI is InChI=1S/C23H19N3O2/c24-13-20-22(19-10-9-17(25)12-21(19)28-23(20)26)16-7-4-8-18(11-16)27-14-15-5-2-1-3-6-15/h1-12,22H,14,25-26H2. The second kappa shape index (κ2) is 7.37. The summed E-state index contributed by atoms with van der Waals surface area (Å²) in [5.41, 5.74) is 15.7. The maximum Gasteiger partial charge on any atom is 0.205 e. The molecule has 1 aliphatic rings. The number of allylic oxidation sites excluding steroid dienone is 1. The summed E-state index contributed by atoms with van der Waals surface area (Å²) in [6.07, 6.45) is 0. The lowest BCUT2D eigenvalue weighted by Crippen LogP contribution is -2.21. The number of benzene rings is 3. The summed E-state index contributed by atoms with van der Waals surface area (Å²) in [6.45, 7) is 0.467. The first-order valence-electron chi connectivity index (χ1n) is 8.89. The van der Waals surface area contributed by atoms with Gasteiger partial charge >= 0.3 is 0 Å². The summed E-state index contributed by atoms with van der Waals surface area (Å²) in [5, 5.41) is 9.67. The Bertz CT molecular complexity index is 1080. The second-order valence-corrected chi connectivity index (χ2v) is 6.57. The van der Waals surface area contributed by atoms with Gasteiger partial charge in [-0.1, -0.05) is 48.5 Å². The minimum absolute atomic E-state index is 0.0983. The van der Waals surface area contributed by atoms with Crippen molar-refractivity contribution in [2.45, 2.75) is 12.5 Å². The molecule has 0 spiro atoms. The monoisotopic (exact) mass is 369 g/mol. The van der Waals surface area contributed by atoms with E-state index < -0.39 is 0 Å². The average Bonchev–Trinajstić information content (AvgIpc) is 2.72. The van der Waals surface area contributed by atoms with Crippen molar-refractivity contribution in [1.82, 2.24) is 0 Å². The van der Waals surface area contributed by atoms with Crippen LogP contribution in [0.15, 0.2) is 84.3 Å². The molecule has 1 aliphatic heterocycles. The molecule has 5 heteroatoms. The largest absolute Gasteiger partial charge is 0.489 e. The van der Waals surface area contributed by atoms with Gasteiger partial charge in [0.25, 0.3) is 0 Å². The predicted molar refractivity (Wildman–Crippen MR) is 107 cm³/mol. The SMILES string of the molecule is N#CC1=C(N)Oc2cc(N)ccc2C1c1cccc(OCc2ccccc2)c1. The van der Waals surface area contributed by atoms with Gasteiger partial charge in [-0.05, 0) is 29.3 Å². The van der Waals surface area contributed by atoms with Crippen molar-refractivity contribution in [3.8, 4) is 17.6 Å². The predicted octanol–water partition coefficient (Wildman–Crippen LogP) is 4.07. The van der Waals surface area contributed by atoms with Crippen LogP contribution in [0, 0.1) is 11.3 Å². The maximum absolute atomic E-state index is 9.67. The Hall–Kier alpha value is -3.91. The Morgan fingerprint density at radius 3 is 2.57 bits per heavy atom. The van der Waals surface area contributed by atoms with E-state index >= 15 is 0 Å². The molecule has 0 aliphatic carbocycles. The van der Waals surface area contributed by atoms with E-state index in [9.17, 15) is 5.26 Å². The first-order valence-corrected chi connectivity index (χ1v) is 8.89. The highest BCUT2D eigenvalue weighted by Gasteiger charge is 2.30. The van der Waals surface area contributed by atoms with Gasteiger partial charge in [-0.25, -0.2) is 0 Å². The van der Waals surface area contributed by atoms with Crippen molar-refractivity contribution in [3.05, 3.63) is 101 Å². The highest BCUT2D eigenvalue weighted by atomic mass is 16.5. The van der Waals surface area contributed by atoms with E-state index in [1.54, 1.807) is 12.1 Å². The smallest absolute Gasteiger partial charge is 0.205 e. The van der Waals surface area contributed by atoms with Crippen molar-refractivity contribution in [2.24, 2.45) is 5.73 Å². The van der Waals surface area contributed by atoms with E-state index in [1.807, 2.05) is 60.7 Å². The zero-order valence-electron chi connectivity index (χ0n) is 15.1. The molecule has 0 fully saturated rings. The van der Waals surface area contributed by atoms with Gasteiger partial charge < -0.3 is 20.9 Å². The number of nitrogens with two attached hydrogens (primary N) is 2. The molecule has 28 heavy (non-hydrogen) atoms. The van der Waals surface area contributed by atoms with Gasteiger partial charge in [0, 0.05) is 17.3 Å². The Labute approximate surface area is 163 Å². The van der Waals surface area contributed by atoms with Gasteiger partial charge in [0.1, 0.15) is 29.7 Å². The second-order valence-electron chi connectivity index (χ2n) is 6.57. The lowest BCUT2D eigenvalue weighted by molar-refractivity contribution is 0.306. The van der Waals surface area contributed by atoms with E-state index in [0.29, 0.717) is 23.6 Å². The van der Waals surface area contributed by atoms with Crippen LogP contribution >= 0.6 is 0 Å². The zero-order valence-corrected chi connectivity index (χ0v) is 15.1. The third kappa shape index (κ3) is 3.36. The Morgan fingerprint density at radius 1 is 0.964 bits per heavy atom. The van der Waals surface area contributed by atoms with Crippen LogP contribution in [-0.2, 0) is 6.61 Å². The lowest BCUT2D eigenvalue weighted by Gasteiger charge is -2.26. The van der Waals surface area contributed by atoms with Crippen molar-refractivity contribution >= 4 is 5.69 Å². The molecule has 1 heterocycles. The van der Waals surface area contributed by atoms with E-state index in [0.717, 1.165) is 22.4 Å². The van der Waals surface area contributed by atoms with Crippen LogP contribution in [0.2, 0.25) is 0 Å². The number of hydrogen-bond donors (Lipinski definition) is 2. The number of nitrogen functional groups attached to an aromatic ring is 1. The molecule has 0 bridgehead atoms. The molecule has 4 N–H and O–H groups in total. The molecule has 4 rings (SSSR count). The van der Waals surface area contributed by atoms with Gasteiger partial charge in [0.05, 0.1) is 5.92 Å². The van der Waals surface area contributed by atoms with Crippen LogP contribution in [0.3, 0.4) is 0 Å². The molecule has 0 saturated heterocycles.